The van der Waals surface area contributed by atoms with E-state index in [0.29, 0.717) is 5.95 Å². The Balaban J connectivity index is 0.754. The van der Waals surface area contributed by atoms with Gasteiger partial charge in [-0.2, -0.15) is 4.98 Å². The Hall–Kier alpha value is -11.5. The van der Waals surface area contributed by atoms with Gasteiger partial charge in [0.2, 0.25) is 5.95 Å². The molecule has 14 aromatic carbocycles. The summed E-state index contributed by atoms with van der Waals surface area (Å²) in [5, 5.41) is 17.1. The third-order valence-corrected chi connectivity index (χ3v) is 23.1. The molecular formula is C86H49N5S3. The van der Waals surface area contributed by atoms with Crippen molar-refractivity contribution in [2.75, 3.05) is 0 Å². The molecule has 0 saturated carbocycles. The summed E-state index contributed by atoms with van der Waals surface area (Å²) in [7, 11) is 0. The first-order valence-electron chi connectivity index (χ1n) is 31.8. The number of hydrogen-bond donors (Lipinski definition) is 0. The van der Waals surface area contributed by atoms with Crippen molar-refractivity contribution in [3.63, 3.8) is 0 Å². The van der Waals surface area contributed by atoms with Gasteiger partial charge in [0.25, 0.3) is 0 Å². The van der Waals surface area contributed by atoms with Crippen molar-refractivity contribution in [1.82, 2.24) is 23.7 Å². The fraction of sp³-hybridized carbons (Fsp3) is 0. The molecule has 0 bridgehead atoms. The number of benzene rings is 14. The van der Waals surface area contributed by atoms with Gasteiger partial charge < -0.3 is 4.57 Å². The normalized spacial score (nSPS) is 12.3. The Labute approximate surface area is 549 Å². The van der Waals surface area contributed by atoms with Crippen LogP contribution in [-0.2, 0) is 0 Å². The second-order valence-electron chi connectivity index (χ2n) is 24.8. The molecule has 0 aliphatic carbocycles. The topological polar surface area (TPSA) is 40.6 Å². The van der Waals surface area contributed by atoms with Gasteiger partial charge in [0, 0.05) is 110 Å². The quantitative estimate of drug-likeness (QED) is 0.160. The maximum absolute atomic E-state index is 5.80. The minimum Gasteiger partial charge on any atom is -0.309 e. The number of nitrogens with zero attached hydrogens (tertiary/aromatic N) is 5. The molecule has 21 rings (SSSR count). The van der Waals surface area contributed by atoms with Crippen LogP contribution in [0.3, 0.4) is 0 Å². The number of rotatable bonds is 7. The van der Waals surface area contributed by atoms with E-state index in [-0.39, 0.29) is 0 Å². The number of thiophene rings is 3. The van der Waals surface area contributed by atoms with Crippen LogP contribution in [0.4, 0.5) is 0 Å². The molecule has 0 N–H and O–H groups in total. The summed E-state index contributed by atoms with van der Waals surface area (Å²) in [6.45, 7) is 0. The Morgan fingerprint density at radius 3 is 1.06 bits per heavy atom. The summed E-state index contributed by atoms with van der Waals surface area (Å²) in [4.78, 5) is 11.5. The fourth-order valence-corrected chi connectivity index (χ4v) is 18.5. The molecule has 0 unspecified atom stereocenters. The first-order valence-corrected chi connectivity index (χ1v) is 34.3. The number of aromatic nitrogens is 5. The van der Waals surface area contributed by atoms with Gasteiger partial charge in [0.05, 0.1) is 38.8 Å². The molecule has 94 heavy (non-hydrogen) atoms. The van der Waals surface area contributed by atoms with Crippen molar-refractivity contribution in [3.05, 3.63) is 297 Å². The second-order valence-corrected chi connectivity index (χ2v) is 28.1. The number of para-hydroxylation sites is 3. The van der Waals surface area contributed by atoms with Crippen LogP contribution in [0.25, 0.3) is 199 Å². The lowest BCUT2D eigenvalue weighted by Crippen LogP contribution is -2.07. The Kier molecular flexibility index (Phi) is 11.1. The zero-order valence-corrected chi connectivity index (χ0v) is 52.7. The molecule has 0 spiro atoms. The predicted octanol–water partition coefficient (Wildman–Crippen LogP) is 24.7. The highest BCUT2D eigenvalue weighted by Crippen LogP contribution is 2.44. The van der Waals surface area contributed by atoms with Gasteiger partial charge in [-0.1, -0.05) is 182 Å². The molecule has 7 aromatic heterocycles. The van der Waals surface area contributed by atoms with Crippen molar-refractivity contribution in [3.8, 4) is 62.1 Å². The minimum atomic E-state index is 0.594. The minimum absolute atomic E-state index is 0.594. The number of fused-ring (bicyclic) bond motifs is 19. The summed E-state index contributed by atoms with van der Waals surface area (Å²) in [5.41, 5.74) is 16.5. The van der Waals surface area contributed by atoms with Gasteiger partial charge in [0.15, 0.2) is 0 Å². The standard InChI is InChI=1S/C86H49N5S3/c1-7-19-73-60(13-1)63-35-28-55(52-31-38-82-69(43-52)66-16-4-10-22-79(66)92-82)46-76(63)89(73)59-34-27-50-41-58(26-25-51(50)42-59)72-49-85(90-74-20-8-2-14-61(74)64-36-29-56(47-77(64)90)53-32-39-83-70(44-53)67-17-5-11-23-80(67)93-83)88-86(87-72)91-75-21-9-3-15-62(75)65-37-30-57(48-78(65)91)54-33-40-84-71(45-54)68-18-6-12-24-81(68)94-84/h1-49H. The van der Waals surface area contributed by atoms with E-state index in [1.807, 2.05) is 34.0 Å². The average Bonchev–Trinajstić information content (AvgIpc) is 1.58. The summed E-state index contributed by atoms with van der Waals surface area (Å²) in [6.07, 6.45) is 0. The lowest BCUT2D eigenvalue weighted by molar-refractivity contribution is 0.952. The monoisotopic (exact) mass is 1250 g/mol. The van der Waals surface area contributed by atoms with Crippen molar-refractivity contribution in [2.45, 2.75) is 0 Å². The highest BCUT2D eigenvalue weighted by atomic mass is 32.1. The van der Waals surface area contributed by atoms with Crippen LogP contribution < -0.4 is 0 Å². The zero-order chi connectivity index (χ0) is 61.3. The van der Waals surface area contributed by atoms with E-state index < -0.39 is 0 Å². The van der Waals surface area contributed by atoms with Crippen molar-refractivity contribution >= 4 is 171 Å². The molecule has 0 fully saturated rings. The van der Waals surface area contributed by atoms with E-state index in [0.717, 1.165) is 88.3 Å². The molecule has 0 radical (unpaired) electrons. The van der Waals surface area contributed by atoms with Crippen LogP contribution in [-0.4, -0.2) is 23.7 Å². The van der Waals surface area contributed by atoms with E-state index in [4.69, 9.17) is 9.97 Å². The summed E-state index contributed by atoms with van der Waals surface area (Å²) in [6, 6.07) is 110. The van der Waals surface area contributed by atoms with Crippen molar-refractivity contribution in [2.24, 2.45) is 0 Å². The van der Waals surface area contributed by atoms with Crippen LogP contribution in [0, 0.1) is 0 Å². The fourth-order valence-electron chi connectivity index (χ4n) is 15.2. The molecule has 0 amide bonds. The van der Waals surface area contributed by atoms with Crippen LogP contribution in [0.5, 0.6) is 0 Å². The third kappa shape index (κ3) is 7.85. The highest BCUT2D eigenvalue weighted by Gasteiger charge is 2.23. The number of hydrogen-bond acceptors (Lipinski definition) is 5. The van der Waals surface area contributed by atoms with E-state index in [1.54, 1.807) is 0 Å². The zero-order valence-electron chi connectivity index (χ0n) is 50.3. The average molecular weight is 1250 g/mol. The van der Waals surface area contributed by atoms with Crippen LogP contribution in [0.2, 0.25) is 0 Å². The van der Waals surface area contributed by atoms with Crippen molar-refractivity contribution in [1.29, 1.82) is 0 Å². The molecule has 0 atom stereocenters. The van der Waals surface area contributed by atoms with Crippen LogP contribution >= 0.6 is 34.0 Å². The molecule has 0 aliphatic heterocycles. The Morgan fingerprint density at radius 2 is 0.564 bits per heavy atom. The maximum atomic E-state index is 5.80. The van der Waals surface area contributed by atoms with Gasteiger partial charge in [0.1, 0.15) is 5.82 Å². The summed E-state index contributed by atoms with van der Waals surface area (Å²) < 4.78 is 14.9. The molecule has 8 heteroatoms. The Morgan fingerprint density at radius 1 is 0.213 bits per heavy atom. The maximum Gasteiger partial charge on any atom is 0.237 e. The molecule has 21 aromatic rings. The molecule has 0 aliphatic rings. The van der Waals surface area contributed by atoms with E-state index in [2.05, 4.69) is 311 Å². The molecular weight excluding hydrogens is 1200 g/mol. The first kappa shape index (κ1) is 52.1. The summed E-state index contributed by atoms with van der Waals surface area (Å²) in [5.74, 6) is 1.38. The molecule has 0 saturated heterocycles. The summed E-state index contributed by atoms with van der Waals surface area (Å²) >= 11 is 5.56. The third-order valence-electron chi connectivity index (χ3n) is 19.7. The van der Waals surface area contributed by atoms with E-state index in [9.17, 15) is 0 Å². The van der Waals surface area contributed by atoms with Gasteiger partial charge in [-0.15, -0.1) is 34.0 Å². The second kappa shape index (κ2) is 20.0. The lowest BCUT2D eigenvalue weighted by Gasteiger charge is -2.15. The molecule has 436 valence electrons. The van der Waals surface area contributed by atoms with Gasteiger partial charge >= 0.3 is 0 Å². The Bertz CT molecular complexity index is 6580. The first-order chi connectivity index (χ1) is 46.5. The highest BCUT2D eigenvalue weighted by molar-refractivity contribution is 7.26. The van der Waals surface area contributed by atoms with Crippen LogP contribution in [0.1, 0.15) is 0 Å². The largest absolute Gasteiger partial charge is 0.309 e. The van der Waals surface area contributed by atoms with E-state index >= 15 is 0 Å². The van der Waals surface area contributed by atoms with Crippen molar-refractivity contribution < 1.29 is 0 Å². The SMILES string of the molecule is c1ccc2c(c1)sc1ccc(-c3ccc4c5ccccc5n(-c5ccc6cc(-c7cc(-n8c9ccccc9c9ccc(-c%10ccc%11sc%12ccccc%12c%11c%10)cc98)nc(-n8c9ccccc9c9ccc(-c%10ccc%11sc%12ccccc%12c%11c%10)cc98)n7)ccc6c5)c4c3)cc12. The predicted molar refractivity (Wildman–Crippen MR) is 403 cm³/mol. The lowest BCUT2D eigenvalue weighted by atomic mass is 10.0. The molecule has 7 heterocycles. The van der Waals surface area contributed by atoms with Gasteiger partial charge in [-0.3, -0.25) is 9.13 Å². The smallest absolute Gasteiger partial charge is 0.237 e. The van der Waals surface area contributed by atoms with E-state index in [1.165, 1.54) is 105 Å². The van der Waals surface area contributed by atoms with Gasteiger partial charge in [-0.05, 0) is 153 Å². The van der Waals surface area contributed by atoms with Crippen LogP contribution in [0.15, 0.2) is 297 Å². The van der Waals surface area contributed by atoms with Gasteiger partial charge in [-0.25, -0.2) is 4.98 Å². The molecule has 5 nitrogen and oxygen atoms in total.